The van der Waals surface area contributed by atoms with E-state index in [1.165, 1.54) is 6.20 Å². The third kappa shape index (κ3) is 3.70. The van der Waals surface area contributed by atoms with Crippen molar-refractivity contribution in [2.24, 2.45) is 7.05 Å². The van der Waals surface area contributed by atoms with Crippen LogP contribution in [0.4, 0.5) is 8.78 Å². The molecule has 0 saturated carbocycles. The van der Waals surface area contributed by atoms with Crippen molar-refractivity contribution >= 4 is 15.9 Å². The molecule has 0 radical (unpaired) electrons. The first-order valence-corrected chi connectivity index (χ1v) is 9.13. The van der Waals surface area contributed by atoms with Crippen molar-refractivity contribution in [1.29, 1.82) is 0 Å². The summed E-state index contributed by atoms with van der Waals surface area (Å²) < 4.78 is 30.6. The lowest BCUT2D eigenvalue weighted by Crippen LogP contribution is -2.16. The summed E-state index contributed by atoms with van der Waals surface area (Å²) >= 11 is 3.37. The van der Waals surface area contributed by atoms with E-state index in [1.54, 1.807) is 41.1 Å². The number of hydrogen-bond donors (Lipinski definition) is 0. The van der Waals surface area contributed by atoms with E-state index >= 15 is 0 Å². The molecule has 4 rings (SSSR count). The Balaban J connectivity index is 1.69. The maximum atomic E-state index is 12.9. The SMILES string of the molecule is Cn1nncc1-c1cnn(C(Cc2ccn(C(F)F)n2)c2ccc(Br)cn2)c1. The van der Waals surface area contributed by atoms with Crippen LogP contribution in [0.25, 0.3) is 11.3 Å². The molecular formula is C17H15BrF2N8. The number of pyridine rings is 1. The fraction of sp³-hybridized carbons (Fsp3) is 0.235. The van der Waals surface area contributed by atoms with E-state index in [9.17, 15) is 8.78 Å². The van der Waals surface area contributed by atoms with Crippen molar-refractivity contribution in [3.05, 3.63) is 65.0 Å². The Kier molecular flexibility index (Phi) is 4.99. The summed E-state index contributed by atoms with van der Waals surface area (Å²) in [6.45, 7) is -2.67. The molecule has 0 aliphatic carbocycles. The van der Waals surface area contributed by atoms with Gasteiger partial charge in [-0.15, -0.1) is 5.10 Å². The largest absolute Gasteiger partial charge is 0.333 e. The third-order valence-corrected chi connectivity index (χ3v) is 4.76. The van der Waals surface area contributed by atoms with Gasteiger partial charge >= 0.3 is 6.55 Å². The van der Waals surface area contributed by atoms with Crippen LogP contribution in [-0.2, 0) is 13.5 Å². The van der Waals surface area contributed by atoms with Gasteiger partial charge < -0.3 is 0 Å². The number of alkyl halides is 2. The molecule has 0 aliphatic rings. The minimum Gasteiger partial charge on any atom is -0.263 e. The first-order valence-electron chi connectivity index (χ1n) is 8.34. The average molecular weight is 449 g/mol. The third-order valence-electron chi connectivity index (χ3n) is 4.29. The van der Waals surface area contributed by atoms with Crippen molar-refractivity contribution in [3.63, 3.8) is 0 Å². The molecule has 1 atom stereocenters. The summed E-state index contributed by atoms with van der Waals surface area (Å²) in [6, 6.07) is 5.01. The molecule has 0 fully saturated rings. The summed E-state index contributed by atoms with van der Waals surface area (Å²) in [5, 5.41) is 16.2. The van der Waals surface area contributed by atoms with Crippen molar-refractivity contribution in [2.75, 3.05) is 0 Å². The highest BCUT2D eigenvalue weighted by Crippen LogP contribution is 2.25. The molecule has 11 heteroatoms. The predicted octanol–water partition coefficient (Wildman–Crippen LogP) is 3.26. The van der Waals surface area contributed by atoms with Gasteiger partial charge in [0.25, 0.3) is 0 Å². The van der Waals surface area contributed by atoms with E-state index in [-0.39, 0.29) is 6.04 Å². The Bertz CT molecular complexity index is 1070. The van der Waals surface area contributed by atoms with Gasteiger partial charge in [0.15, 0.2) is 0 Å². The quantitative estimate of drug-likeness (QED) is 0.452. The number of aryl methyl sites for hydroxylation is 1. The molecule has 8 nitrogen and oxygen atoms in total. The highest BCUT2D eigenvalue weighted by molar-refractivity contribution is 9.10. The Labute approximate surface area is 166 Å². The zero-order valence-corrected chi connectivity index (χ0v) is 16.3. The predicted molar refractivity (Wildman–Crippen MR) is 99.5 cm³/mol. The van der Waals surface area contributed by atoms with Crippen LogP contribution in [0.15, 0.2) is 53.7 Å². The first kappa shape index (κ1) is 18.4. The number of hydrogen-bond acceptors (Lipinski definition) is 5. The van der Waals surface area contributed by atoms with Crippen LogP contribution in [0.3, 0.4) is 0 Å². The average Bonchev–Trinajstić information content (AvgIpc) is 3.41. The van der Waals surface area contributed by atoms with Gasteiger partial charge in [-0.05, 0) is 34.1 Å². The lowest BCUT2D eigenvalue weighted by Gasteiger charge is -2.16. The van der Waals surface area contributed by atoms with Gasteiger partial charge in [0.2, 0.25) is 0 Å². The van der Waals surface area contributed by atoms with E-state index < -0.39 is 6.55 Å². The molecule has 0 aliphatic heterocycles. The van der Waals surface area contributed by atoms with Crippen LogP contribution in [0.2, 0.25) is 0 Å². The maximum absolute atomic E-state index is 12.9. The molecular weight excluding hydrogens is 434 g/mol. The van der Waals surface area contributed by atoms with Crippen LogP contribution in [0, 0.1) is 0 Å². The standard InChI is InChI=1S/C17H15BrF2N8/c1-26-16(9-22-25-26)11-7-23-28(10-11)15(14-3-2-12(18)8-21-14)6-13-4-5-27(24-13)17(19)20/h2-5,7-10,15,17H,6H2,1H3. The number of nitrogens with zero attached hydrogens (tertiary/aromatic N) is 8. The van der Waals surface area contributed by atoms with Crippen molar-refractivity contribution in [2.45, 2.75) is 19.0 Å². The Morgan fingerprint density at radius 2 is 1.96 bits per heavy atom. The lowest BCUT2D eigenvalue weighted by atomic mass is 10.1. The molecule has 1 unspecified atom stereocenters. The van der Waals surface area contributed by atoms with Crippen molar-refractivity contribution < 1.29 is 8.78 Å². The topological polar surface area (TPSA) is 79.2 Å². The van der Waals surface area contributed by atoms with E-state index in [2.05, 4.69) is 41.4 Å². The number of aromatic nitrogens is 8. The Morgan fingerprint density at radius 1 is 1.11 bits per heavy atom. The normalized spacial score (nSPS) is 12.6. The fourth-order valence-electron chi connectivity index (χ4n) is 2.90. The second-order valence-corrected chi connectivity index (χ2v) is 7.05. The minimum absolute atomic E-state index is 0.316. The van der Waals surface area contributed by atoms with E-state index in [4.69, 9.17) is 0 Å². The highest BCUT2D eigenvalue weighted by Gasteiger charge is 2.20. The van der Waals surface area contributed by atoms with Gasteiger partial charge in [-0.2, -0.15) is 19.0 Å². The fourth-order valence-corrected chi connectivity index (χ4v) is 3.14. The van der Waals surface area contributed by atoms with Gasteiger partial charge in [0, 0.05) is 42.1 Å². The summed E-state index contributed by atoms with van der Waals surface area (Å²) in [4.78, 5) is 4.46. The zero-order chi connectivity index (χ0) is 19.7. The van der Waals surface area contributed by atoms with Gasteiger partial charge in [0.05, 0.1) is 35.5 Å². The van der Waals surface area contributed by atoms with E-state index in [1.807, 2.05) is 18.3 Å². The second-order valence-electron chi connectivity index (χ2n) is 6.14. The summed E-state index contributed by atoms with van der Waals surface area (Å²) in [6.07, 6.45) is 8.54. The van der Waals surface area contributed by atoms with Crippen LogP contribution >= 0.6 is 15.9 Å². The minimum atomic E-state index is -2.67. The van der Waals surface area contributed by atoms with Crippen molar-refractivity contribution in [1.82, 2.24) is 39.5 Å². The lowest BCUT2D eigenvalue weighted by molar-refractivity contribution is 0.0561. The molecule has 28 heavy (non-hydrogen) atoms. The Morgan fingerprint density at radius 3 is 2.61 bits per heavy atom. The molecule has 0 saturated heterocycles. The summed E-state index contributed by atoms with van der Waals surface area (Å²) in [5.41, 5.74) is 2.92. The maximum Gasteiger partial charge on any atom is 0.333 e. The van der Waals surface area contributed by atoms with Crippen LogP contribution in [0.5, 0.6) is 0 Å². The van der Waals surface area contributed by atoms with Crippen LogP contribution in [-0.4, -0.2) is 39.5 Å². The van der Waals surface area contributed by atoms with Crippen molar-refractivity contribution in [3.8, 4) is 11.3 Å². The molecule has 0 amide bonds. The summed E-state index contributed by atoms with van der Waals surface area (Å²) in [7, 11) is 1.80. The number of halogens is 3. The van der Waals surface area contributed by atoms with Gasteiger partial charge in [0.1, 0.15) is 0 Å². The molecule has 144 valence electrons. The molecule has 4 aromatic heterocycles. The number of rotatable bonds is 6. The molecule has 0 bridgehead atoms. The van der Waals surface area contributed by atoms with Gasteiger partial charge in [-0.25, -0.2) is 9.36 Å². The van der Waals surface area contributed by atoms with Gasteiger partial charge in [-0.3, -0.25) is 9.67 Å². The van der Waals surface area contributed by atoms with E-state index in [0.29, 0.717) is 16.8 Å². The van der Waals surface area contributed by atoms with E-state index in [0.717, 1.165) is 21.4 Å². The highest BCUT2D eigenvalue weighted by atomic mass is 79.9. The van der Waals surface area contributed by atoms with Crippen LogP contribution < -0.4 is 0 Å². The molecule has 0 spiro atoms. The Hall–Kier alpha value is -2.95. The first-order chi connectivity index (χ1) is 13.5. The van der Waals surface area contributed by atoms with Crippen LogP contribution in [0.1, 0.15) is 24.0 Å². The molecule has 0 aromatic carbocycles. The second kappa shape index (κ2) is 7.58. The summed E-state index contributed by atoms with van der Waals surface area (Å²) in [5.74, 6) is 0. The molecule has 4 heterocycles. The van der Waals surface area contributed by atoms with Gasteiger partial charge in [-0.1, -0.05) is 5.21 Å². The molecule has 0 N–H and O–H groups in total. The molecule has 4 aromatic rings. The smallest absolute Gasteiger partial charge is 0.263 e. The zero-order valence-electron chi connectivity index (χ0n) is 14.7. The monoisotopic (exact) mass is 448 g/mol.